The number of nitrogens with one attached hydrogen (secondary N) is 3. The molecule has 2 aliphatic rings. The highest BCUT2D eigenvalue weighted by molar-refractivity contribution is 5.87. The summed E-state index contributed by atoms with van der Waals surface area (Å²) in [6, 6.07) is -1.26. The molecule has 218 valence electrons. The quantitative estimate of drug-likeness (QED) is 0.214. The molecule has 0 saturated carbocycles. The van der Waals surface area contributed by atoms with E-state index in [1.165, 1.54) is 19.3 Å². The van der Waals surface area contributed by atoms with E-state index < -0.39 is 30.2 Å². The minimum absolute atomic E-state index is 0.0918. The number of ether oxygens (including phenoxy) is 1. The number of carbonyl (C=O) groups is 4. The number of halogens is 3. The largest absolute Gasteiger partial charge is 0.490 e. The highest BCUT2D eigenvalue weighted by atomic mass is 19.4. The lowest BCUT2D eigenvalue weighted by Gasteiger charge is -2.22. The summed E-state index contributed by atoms with van der Waals surface area (Å²) in [5, 5.41) is 28.6. The lowest BCUT2D eigenvalue weighted by Crippen LogP contribution is -2.48. The van der Waals surface area contributed by atoms with Crippen LogP contribution < -0.4 is 16.0 Å². The average Bonchev–Trinajstić information content (AvgIpc) is 3.29. The van der Waals surface area contributed by atoms with Crippen molar-refractivity contribution in [3.8, 4) is 0 Å². The van der Waals surface area contributed by atoms with Crippen LogP contribution in [-0.2, 0) is 24.0 Å². The molecule has 2 atom stereocenters. The third-order valence-electron chi connectivity index (χ3n) is 5.81. The second-order valence-electron chi connectivity index (χ2n) is 9.01. The van der Waals surface area contributed by atoms with Gasteiger partial charge in [0.1, 0.15) is 12.1 Å². The molecule has 2 aliphatic heterocycles. The molecule has 0 spiro atoms. The van der Waals surface area contributed by atoms with E-state index in [0.29, 0.717) is 12.8 Å². The van der Waals surface area contributed by atoms with Crippen molar-refractivity contribution in [3.05, 3.63) is 0 Å². The smallest absolute Gasteiger partial charge is 0.480 e. The maximum absolute atomic E-state index is 12.2. The van der Waals surface area contributed by atoms with Crippen LogP contribution in [0.25, 0.3) is 0 Å². The highest BCUT2D eigenvalue weighted by Crippen LogP contribution is 2.22. The van der Waals surface area contributed by atoms with Crippen molar-refractivity contribution < 1.29 is 52.1 Å². The Kier molecular flexibility index (Phi) is 15.1. The van der Waals surface area contributed by atoms with Gasteiger partial charge in [0.05, 0.1) is 18.7 Å². The molecular formula is C23H37F3N4O8. The number of alkyl carbamates (subject to hydrolysis) is 1. The van der Waals surface area contributed by atoms with Gasteiger partial charge >= 0.3 is 24.2 Å². The normalized spacial score (nSPS) is 18.2. The van der Waals surface area contributed by atoms with Gasteiger partial charge < -0.3 is 35.7 Å². The van der Waals surface area contributed by atoms with Crippen molar-refractivity contribution >= 4 is 29.7 Å². The van der Waals surface area contributed by atoms with Crippen LogP contribution in [0.2, 0.25) is 0 Å². The van der Waals surface area contributed by atoms with E-state index in [2.05, 4.69) is 21.1 Å². The predicted molar refractivity (Wildman–Crippen MR) is 129 cm³/mol. The number of rotatable bonds is 13. The van der Waals surface area contributed by atoms with Crippen molar-refractivity contribution in [2.75, 3.05) is 26.2 Å². The molecular weight excluding hydrogens is 517 g/mol. The zero-order chi connectivity index (χ0) is 28.6. The Labute approximate surface area is 218 Å². The average molecular weight is 555 g/mol. The van der Waals surface area contributed by atoms with E-state index >= 15 is 0 Å². The second kappa shape index (κ2) is 17.4. The summed E-state index contributed by atoms with van der Waals surface area (Å²) in [5.41, 5.74) is 0.978. The molecule has 1 unspecified atom stereocenters. The molecule has 0 aromatic heterocycles. The maximum atomic E-state index is 12.2. The lowest BCUT2D eigenvalue weighted by molar-refractivity contribution is -0.192. The highest BCUT2D eigenvalue weighted by Gasteiger charge is 2.38. The zero-order valence-corrected chi connectivity index (χ0v) is 21.3. The van der Waals surface area contributed by atoms with Crippen molar-refractivity contribution in [1.82, 2.24) is 16.0 Å². The lowest BCUT2D eigenvalue weighted by atomic mass is 9.91. The van der Waals surface area contributed by atoms with Crippen LogP contribution in [-0.4, -0.2) is 84.4 Å². The zero-order valence-electron chi connectivity index (χ0n) is 21.3. The van der Waals surface area contributed by atoms with E-state index in [1.807, 2.05) is 6.92 Å². The van der Waals surface area contributed by atoms with Crippen molar-refractivity contribution in [3.63, 3.8) is 0 Å². The second-order valence-corrected chi connectivity index (χ2v) is 9.01. The van der Waals surface area contributed by atoms with Crippen LogP contribution in [0.3, 0.4) is 0 Å². The molecule has 2 rings (SSSR count). The summed E-state index contributed by atoms with van der Waals surface area (Å²) in [6.07, 6.45) is 1.65. The van der Waals surface area contributed by atoms with Gasteiger partial charge in [0.2, 0.25) is 5.91 Å². The van der Waals surface area contributed by atoms with E-state index in [1.54, 1.807) is 0 Å². The molecule has 1 saturated heterocycles. The van der Waals surface area contributed by atoms with E-state index in [-0.39, 0.29) is 31.6 Å². The number of piperidine rings is 1. The van der Waals surface area contributed by atoms with Crippen molar-refractivity contribution in [1.29, 1.82) is 0 Å². The van der Waals surface area contributed by atoms with Gasteiger partial charge in [-0.25, -0.2) is 14.4 Å². The molecule has 0 aromatic rings. The van der Waals surface area contributed by atoms with E-state index in [0.717, 1.165) is 44.0 Å². The number of amides is 2. The molecule has 12 nitrogen and oxygen atoms in total. The first-order chi connectivity index (χ1) is 17.9. The number of unbranched alkanes of at least 4 members (excludes halogenated alkanes) is 1. The van der Waals surface area contributed by atoms with Gasteiger partial charge in [-0.15, -0.1) is 0 Å². The van der Waals surface area contributed by atoms with Gasteiger partial charge in [-0.3, -0.25) is 4.79 Å². The van der Waals surface area contributed by atoms with Crippen LogP contribution in [0.5, 0.6) is 0 Å². The molecule has 0 radical (unpaired) electrons. The molecule has 2 heterocycles. The van der Waals surface area contributed by atoms with Gasteiger partial charge in [-0.2, -0.15) is 13.2 Å². The van der Waals surface area contributed by atoms with Crippen LogP contribution in [0.4, 0.5) is 18.0 Å². The number of hydrogen-bond acceptors (Lipinski definition) is 8. The first-order valence-corrected chi connectivity index (χ1v) is 12.6. The maximum Gasteiger partial charge on any atom is 0.490 e. The first kappa shape index (κ1) is 32.9. The number of alkyl halides is 3. The number of carboxylic acid groups (broad SMARTS) is 2. The minimum atomic E-state index is -5.08. The van der Waals surface area contributed by atoms with Gasteiger partial charge in [0, 0.05) is 13.0 Å². The van der Waals surface area contributed by atoms with E-state index in [4.69, 9.17) is 19.5 Å². The predicted octanol–water partition coefficient (Wildman–Crippen LogP) is 2.42. The summed E-state index contributed by atoms with van der Waals surface area (Å²) in [4.78, 5) is 49.4. The topological polar surface area (TPSA) is 176 Å². The molecule has 0 aromatic carbocycles. The number of hydrogen-bond donors (Lipinski definition) is 5. The molecule has 38 heavy (non-hydrogen) atoms. The summed E-state index contributed by atoms with van der Waals surface area (Å²) in [6.45, 7) is 4.15. The van der Waals surface area contributed by atoms with E-state index in [9.17, 15) is 32.7 Å². The third-order valence-corrected chi connectivity index (χ3v) is 5.81. The third kappa shape index (κ3) is 14.6. The molecule has 0 aliphatic carbocycles. The summed E-state index contributed by atoms with van der Waals surface area (Å²) in [5.74, 6) is -3.56. The standard InChI is InChI=1S/C21H36N4O6.C2HF3O2/c1-2-3-11-30-21(29)24-18(20(27)28)14-23-19(26)13-17-12-16(25-31-17)6-4-5-15-7-9-22-10-8-15;3-2(4,5)1(6)7/h15,17-18,22H,2-14H2,1H3,(H,23,26)(H,24,29)(H,27,28);(H,6,7)/t17?,18-;/m0./s1. The van der Waals surface area contributed by atoms with Crippen LogP contribution >= 0.6 is 0 Å². The SMILES string of the molecule is CCCCOC(=O)N[C@@H](CNC(=O)CC1CC(CCCC2CCNCC2)=NO1)C(=O)O.O=C(O)C(F)(F)F. The van der Waals surface area contributed by atoms with Gasteiger partial charge in [0.25, 0.3) is 0 Å². The minimum Gasteiger partial charge on any atom is -0.480 e. The van der Waals surface area contributed by atoms with Gasteiger partial charge in [-0.05, 0) is 57.5 Å². The van der Waals surface area contributed by atoms with Gasteiger partial charge in [-0.1, -0.05) is 18.5 Å². The fourth-order valence-electron chi connectivity index (χ4n) is 3.70. The van der Waals surface area contributed by atoms with Crippen LogP contribution in [0, 0.1) is 5.92 Å². The molecule has 2 amide bonds. The summed E-state index contributed by atoms with van der Waals surface area (Å²) < 4.78 is 36.6. The fraction of sp³-hybridized carbons (Fsp3) is 0.783. The van der Waals surface area contributed by atoms with Gasteiger partial charge in [0.15, 0.2) is 0 Å². The fourth-order valence-corrected chi connectivity index (χ4v) is 3.70. The Bertz CT molecular complexity index is 804. The first-order valence-electron chi connectivity index (χ1n) is 12.6. The van der Waals surface area contributed by atoms with Crippen molar-refractivity contribution in [2.45, 2.75) is 83.0 Å². The monoisotopic (exact) mass is 554 g/mol. The molecule has 1 fully saturated rings. The summed E-state index contributed by atoms with van der Waals surface area (Å²) in [7, 11) is 0. The Morgan fingerprint density at radius 1 is 1.18 bits per heavy atom. The Morgan fingerprint density at radius 3 is 2.42 bits per heavy atom. The number of carboxylic acids is 2. The van der Waals surface area contributed by atoms with Crippen molar-refractivity contribution in [2.24, 2.45) is 11.1 Å². The number of nitrogens with zero attached hydrogens (tertiary/aromatic N) is 1. The molecule has 15 heteroatoms. The Balaban J connectivity index is 0.000000905. The Morgan fingerprint density at radius 2 is 1.84 bits per heavy atom. The number of carbonyl (C=O) groups excluding carboxylic acids is 2. The number of oxime groups is 1. The van der Waals surface area contributed by atoms with Crippen LogP contribution in [0.1, 0.15) is 64.7 Å². The Hall–Kier alpha value is -3.10. The van der Waals surface area contributed by atoms with Crippen LogP contribution in [0.15, 0.2) is 5.16 Å². The molecule has 5 N–H and O–H groups in total. The number of aliphatic carboxylic acids is 2. The molecule has 0 bridgehead atoms. The summed E-state index contributed by atoms with van der Waals surface area (Å²) >= 11 is 0.